The molecule has 1 aliphatic heterocycles. The molecular weight excluding hydrogens is 385 g/mol. The molecule has 12 heteroatoms. The molecular formula is C16H19F3N4O5. The number of nitro groups is 1. The summed E-state index contributed by atoms with van der Waals surface area (Å²) in [5.41, 5.74) is -1.63. The van der Waals surface area contributed by atoms with Gasteiger partial charge in [0.1, 0.15) is 5.69 Å². The summed E-state index contributed by atoms with van der Waals surface area (Å²) < 4.78 is 42.8. The molecule has 1 aromatic carbocycles. The number of benzene rings is 1. The number of nitro benzene ring substituents is 1. The van der Waals surface area contributed by atoms with Crippen molar-refractivity contribution < 1.29 is 32.4 Å². The van der Waals surface area contributed by atoms with Crippen molar-refractivity contribution >= 4 is 23.4 Å². The molecule has 0 spiro atoms. The molecule has 0 bridgehead atoms. The van der Waals surface area contributed by atoms with Crippen LogP contribution in [0.15, 0.2) is 18.2 Å². The van der Waals surface area contributed by atoms with E-state index in [2.05, 4.69) is 10.1 Å². The summed E-state index contributed by atoms with van der Waals surface area (Å²) in [4.78, 5) is 36.8. The van der Waals surface area contributed by atoms with Gasteiger partial charge in [-0.25, -0.2) is 4.79 Å². The first kappa shape index (κ1) is 21.4. The third-order valence-electron chi connectivity index (χ3n) is 4.49. The van der Waals surface area contributed by atoms with Crippen molar-refractivity contribution in [3.05, 3.63) is 33.9 Å². The number of alkyl halides is 3. The standard InChI is InChI=1S/C16H19F3N4O5/c1-10(14(24)20-15(25)28-2)21-5-7-22(8-6-21)12-4-3-11(16(17,18)19)9-13(12)23(26)27/h3-4,9-10H,5-8H2,1-2H3,(H,20,24,25)/t10-/m0/s1. The van der Waals surface area contributed by atoms with Gasteiger partial charge in [0.15, 0.2) is 0 Å². The normalized spacial score (nSPS) is 16.4. The van der Waals surface area contributed by atoms with Crippen LogP contribution in [0.25, 0.3) is 0 Å². The maximum atomic E-state index is 12.8. The van der Waals surface area contributed by atoms with E-state index in [0.717, 1.165) is 19.2 Å². The van der Waals surface area contributed by atoms with Gasteiger partial charge in [0.05, 0.1) is 23.6 Å². The zero-order chi connectivity index (χ0) is 21.1. The van der Waals surface area contributed by atoms with Gasteiger partial charge in [-0.15, -0.1) is 0 Å². The van der Waals surface area contributed by atoms with Crippen molar-refractivity contribution in [2.45, 2.75) is 19.1 Å². The van der Waals surface area contributed by atoms with Crippen LogP contribution < -0.4 is 10.2 Å². The Morgan fingerprint density at radius 1 is 1.25 bits per heavy atom. The molecule has 1 atom stereocenters. The van der Waals surface area contributed by atoms with Gasteiger partial charge < -0.3 is 9.64 Å². The zero-order valence-corrected chi connectivity index (χ0v) is 15.2. The molecule has 1 aromatic rings. The van der Waals surface area contributed by atoms with E-state index in [1.54, 1.807) is 16.7 Å². The number of alkyl carbamates (subject to hydrolysis) is 1. The van der Waals surface area contributed by atoms with Crippen LogP contribution >= 0.6 is 0 Å². The molecule has 1 aliphatic rings. The first-order valence-corrected chi connectivity index (χ1v) is 8.28. The highest BCUT2D eigenvalue weighted by Gasteiger charge is 2.35. The smallest absolute Gasteiger partial charge is 0.416 e. The van der Waals surface area contributed by atoms with Crippen molar-refractivity contribution in [3.8, 4) is 0 Å². The first-order chi connectivity index (χ1) is 13.0. The number of hydrogen-bond acceptors (Lipinski definition) is 7. The van der Waals surface area contributed by atoms with E-state index in [9.17, 15) is 32.9 Å². The SMILES string of the molecule is COC(=O)NC(=O)[C@H](C)N1CCN(c2ccc(C(F)(F)F)cc2[N+](=O)[O-])CC1. The van der Waals surface area contributed by atoms with E-state index in [1.165, 1.54) is 0 Å². The predicted molar refractivity (Wildman–Crippen MR) is 91.9 cm³/mol. The Morgan fingerprint density at radius 2 is 1.86 bits per heavy atom. The molecule has 0 unspecified atom stereocenters. The number of rotatable bonds is 4. The summed E-state index contributed by atoms with van der Waals surface area (Å²) in [6.45, 7) is 2.78. The maximum Gasteiger partial charge on any atom is 0.416 e. The Balaban J connectivity index is 2.09. The van der Waals surface area contributed by atoms with Gasteiger partial charge in [-0.2, -0.15) is 13.2 Å². The molecule has 2 rings (SSSR count). The molecule has 0 radical (unpaired) electrons. The van der Waals surface area contributed by atoms with E-state index in [-0.39, 0.29) is 18.8 Å². The van der Waals surface area contributed by atoms with Crippen molar-refractivity contribution in [1.29, 1.82) is 0 Å². The number of hydrogen-bond donors (Lipinski definition) is 1. The minimum Gasteiger partial charge on any atom is -0.453 e. The van der Waals surface area contributed by atoms with E-state index in [4.69, 9.17) is 0 Å². The number of halogens is 3. The molecule has 1 N–H and O–H groups in total. The summed E-state index contributed by atoms with van der Waals surface area (Å²) in [5, 5.41) is 13.3. The lowest BCUT2D eigenvalue weighted by molar-refractivity contribution is -0.384. The number of anilines is 1. The van der Waals surface area contributed by atoms with Crippen LogP contribution in [-0.2, 0) is 15.7 Å². The summed E-state index contributed by atoms with van der Waals surface area (Å²) >= 11 is 0. The second kappa shape index (κ2) is 8.42. The monoisotopic (exact) mass is 404 g/mol. The molecule has 1 heterocycles. The number of nitrogens with zero attached hydrogens (tertiary/aromatic N) is 3. The second-order valence-electron chi connectivity index (χ2n) is 6.14. The minimum atomic E-state index is -4.68. The molecule has 28 heavy (non-hydrogen) atoms. The van der Waals surface area contributed by atoms with Gasteiger partial charge in [-0.3, -0.25) is 25.1 Å². The number of carbonyl (C=O) groups excluding carboxylic acids is 2. The van der Waals surface area contributed by atoms with Crippen molar-refractivity contribution in [2.75, 3.05) is 38.2 Å². The van der Waals surface area contributed by atoms with Crippen LogP contribution in [0, 0.1) is 10.1 Å². The first-order valence-electron chi connectivity index (χ1n) is 8.28. The van der Waals surface area contributed by atoms with Crippen LogP contribution in [0.3, 0.4) is 0 Å². The number of ether oxygens (including phenoxy) is 1. The van der Waals surface area contributed by atoms with Crippen LogP contribution in [-0.4, -0.2) is 61.2 Å². The molecule has 1 saturated heterocycles. The molecule has 0 saturated carbocycles. The summed E-state index contributed by atoms with van der Waals surface area (Å²) in [7, 11) is 1.13. The number of imide groups is 1. The van der Waals surface area contributed by atoms with Crippen LogP contribution in [0.2, 0.25) is 0 Å². The predicted octanol–water partition coefficient (Wildman–Crippen LogP) is 2.01. The summed E-state index contributed by atoms with van der Waals surface area (Å²) in [6, 6.07) is 1.77. The fraction of sp³-hybridized carbons (Fsp3) is 0.500. The number of carbonyl (C=O) groups is 2. The Hall–Kier alpha value is -2.89. The maximum absolute atomic E-state index is 12.8. The number of nitrogens with one attached hydrogen (secondary N) is 1. The van der Waals surface area contributed by atoms with E-state index < -0.39 is 40.4 Å². The molecule has 2 amide bonds. The van der Waals surface area contributed by atoms with E-state index >= 15 is 0 Å². The quantitative estimate of drug-likeness (QED) is 0.605. The average molecular weight is 404 g/mol. The van der Waals surface area contributed by atoms with Gasteiger partial charge in [0.2, 0.25) is 5.91 Å². The van der Waals surface area contributed by atoms with Gasteiger partial charge in [0.25, 0.3) is 5.69 Å². The van der Waals surface area contributed by atoms with Crippen molar-refractivity contribution in [1.82, 2.24) is 10.2 Å². The third kappa shape index (κ3) is 4.88. The van der Waals surface area contributed by atoms with Crippen molar-refractivity contribution in [2.24, 2.45) is 0 Å². The van der Waals surface area contributed by atoms with Crippen molar-refractivity contribution in [3.63, 3.8) is 0 Å². The second-order valence-corrected chi connectivity index (χ2v) is 6.14. The van der Waals surface area contributed by atoms with Gasteiger partial charge >= 0.3 is 12.3 Å². The fourth-order valence-corrected chi connectivity index (χ4v) is 2.89. The molecule has 0 aliphatic carbocycles. The molecule has 1 fully saturated rings. The summed E-state index contributed by atoms with van der Waals surface area (Å²) in [6.07, 6.45) is -5.56. The van der Waals surface area contributed by atoms with Gasteiger partial charge in [-0.1, -0.05) is 0 Å². The molecule has 9 nitrogen and oxygen atoms in total. The highest BCUT2D eigenvalue weighted by molar-refractivity contribution is 5.94. The Morgan fingerprint density at radius 3 is 2.36 bits per heavy atom. The Labute approximate surface area is 158 Å². The molecule has 0 aromatic heterocycles. The van der Waals surface area contributed by atoms with Gasteiger partial charge in [0, 0.05) is 32.2 Å². The average Bonchev–Trinajstić information content (AvgIpc) is 2.66. The lowest BCUT2D eigenvalue weighted by atomic mass is 10.1. The number of methoxy groups -OCH3 is 1. The van der Waals surface area contributed by atoms with Crippen LogP contribution in [0.4, 0.5) is 29.3 Å². The Kier molecular flexibility index (Phi) is 6.44. The number of piperazine rings is 1. The third-order valence-corrected chi connectivity index (χ3v) is 4.49. The van der Waals surface area contributed by atoms with E-state index in [0.29, 0.717) is 19.2 Å². The lowest BCUT2D eigenvalue weighted by Gasteiger charge is -2.38. The summed E-state index contributed by atoms with van der Waals surface area (Å²) in [5.74, 6) is -0.555. The fourth-order valence-electron chi connectivity index (χ4n) is 2.89. The van der Waals surface area contributed by atoms with E-state index in [1.807, 2.05) is 0 Å². The number of amides is 2. The van der Waals surface area contributed by atoms with Gasteiger partial charge in [-0.05, 0) is 19.1 Å². The van der Waals surface area contributed by atoms with Crippen LogP contribution in [0.5, 0.6) is 0 Å². The topological polar surface area (TPSA) is 105 Å². The highest BCUT2D eigenvalue weighted by Crippen LogP contribution is 2.36. The molecule has 154 valence electrons. The minimum absolute atomic E-state index is 0.0873. The lowest BCUT2D eigenvalue weighted by Crippen LogP contribution is -2.54. The highest BCUT2D eigenvalue weighted by atomic mass is 19.4. The zero-order valence-electron chi connectivity index (χ0n) is 15.2. The van der Waals surface area contributed by atoms with Crippen LogP contribution in [0.1, 0.15) is 12.5 Å². The largest absolute Gasteiger partial charge is 0.453 e. The Bertz CT molecular complexity index is 763.